The minimum Gasteiger partial charge on any atom is -0.443 e. The van der Waals surface area contributed by atoms with Gasteiger partial charge >= 0.3 is 6.09 Å². The summed E-state index contributed by atoms with van der Waals surface area (Å²) in [5.74, 6) is 0. The molecule has 1 heterocycles. The number of benzene rings is 1. The summed E-state index contributed by atoms with van der Waals surface area (Å²) in [7, 11) is 3.50. The first kappa shape index (κ1) is 13.3. The van der Waals surface area contributed by atoms with Crippen LogP contribution in [0.1, 0.15) is 20.8 Å². The molecule has 0 saturated heterocycles. The van der Waals surface area contributed by atoms with Crippen molar-refractivity contribution < 1.29 is 9.53 Å². The van der Waals surface area contributed by atoms with Crippen LogP contribution in [-0.2, 0) is 11.8 Å². The van der Waals surface area contributed by atoms with Crippen LogP contribution >= 0.6 is 0 Å². The number of anilines is 1. The largest absolute Gasteiger partial charge is 0.443 e. The summed E-state index contributed by atoms with van der Waals surface area (Å²) in [5, 5.41) is 7.96. The molecule has 0 aliphatic rings. The van der Waals surface area contributed by atoms with Gasteiger partial charge in [-0.15, -0.1) is 5.10 Å². The van der Waals surface area contributed by atoms with Crippen LogP contribution in [-0.4, -0.2) is 33.7 Å². The number of hydrogen-bond acceptors (Lipinski definition) is 4. The molecule has 0 atom stereocenters. The second kappa shape index (κ2) is 4.53. The Bertz CT molecular complexity index is 613. The number of aromatic nitrogens is 3. The molecular weight excluding hydrogens is 244 g/mol. The normalized spacial score (nSPS) is 11.6. The Morgan fingerprint density at radius 3 is 2.68 bits per heavy atom. The summed E-state index contributed by atoms with van der Waals surface area (Å²) < 4.78 is 7.00. The van der Waals surface area contributed by atoms with Crippen molar-refractivity contribution in [3.8, 4) is 0 Å². The van der Waals surface area contributed by atoms with Crippen LogP contribution in [0.25, 0.3) is 11.0 Å². The molecule has 19 heavy (non-hydrogen) atoms. The highest BCUT2D eigenvalue weighted by Crippen LogP contribution is 2.21. The van der Waals surface area contributed by atoms with Crippen LogP contribution in [0.4, 0.5) is 10.5 Å². The highest BCUT2D eigenvalue weighted by atomic mass is 16.6. The maximum Gasteiger partial charge on any atom is 0.414 e. The predicted octanol–water partition coefficient (Wildman–Crippen LogP) is 2.34. The fourth-order valence-electron chi connectivity index (χ4n) is 1.67. The zero-order valence-corrected chi connectivity index (χ0v) is 11.8. The van der Waals surface area contributed by atoms with Crippen molar-refractivity contribution in [2.45, 2.75) is 26.4 Å². The van der Waals surface area contributed by atoms with Gasteiger partial charge in [0.1, 0.15) is 11.1 Å². The van der Waals surface area contributed by atoms with Gasteiger partial charge in [0.05, 0.1) is 5.52 Å². The van der Waals surface area contributed by atoms with Gasteiger partial charge in [-0.2, -0.15) is 0 Å². The van der Waals surface area contributed by atoms with Gasteiger partial charge in [-0.3, -0.25) is 4.90 Å². The van der Waals surface area contributed by atoms with E-state index in [0.717, 1.165) is 16.7 Å². The fourth-order valence-corrected chi connectivity index (χ4v) is 1.67. The van der Waals surface area contributed by atoms with Gasteiger partial charge in [0.2, 0.25) is 0 Å². The standard InChI is InChI=1S/C13H18N4O2/c1-13(2,3)19-12(18)16(4)9-6-7-11-10(8-9)14-15-17(11)5/h6-8H,1-5H3. The smallest absolute Gasteiger partial charge is 0.414 e. The van der Waals surface area contributed by atoms with E-state index in [1.54, 1.807) is 11.7 Å². The molecule has 2 rings (SSSR count). The van der Waals surface area contributed by atoms with E-state index in [0.29, 0.717) is 0 Å². The molecule has 0 spiro atoms. The number of amides is 1. The van der Waals surface area contributed by atoms with Crippen LogP contribution in [0.5, 0.6) is 0 Å². The quantitative estimate of drug-likeness (QED) is 0.791. The third-order valence-electron chi connectivity index (χ3n) is 2.65. The molecular formula is C13H18N4O2. The Morgan fingerprint density at radius 2 is 2.05 bits per heavy atom. The fraction of sp³-hybridized carbons (Fsp3) is 0.462. The van der Waals surface area contributed by atoms with Crippen molar-refractivity contribution >= 4 is 22.8 Å². The summed E-state index contributed by atoms with van der Waals surface area (Å²) in [4.78, 5) is 13.4. The van der Waals surface area contributed by atoms with Crippen molar-refractivity contribution in [2.75, 3.05) is 11.9 Å². The molecule has 0 fully saturated rings. The minimum absolute atomic E-state index is 0.393. The van der Waals surface area contributed by atoms with Crippen molar-refractivity contribution in [3.63, 3.8) is 0 Å². The lowest BCUT2D eigenvalue weighted by Gasteiger charge is -2.24. The van der Waals surface area contributed by atoms with E-state index in [1.807, 2.05) is 46.0 Å². The number of nitrogens with zero attached hydrogens (tertiary/aromatic N) is 4. The van der Waals surface area contributed by atoms with E-state index in [1.165, 1.54) is 4.90 Å². The summed E-state index contributed by atoms with van der Waals surface area (Å²) in [5.41, 5.74) is 1.88. The Hall–Kier alpha value is -2.11. The number of rotatable bonds is 1. The summed E-state index contributed by atoms with van der Waals surface area (Å²) in [6.07, 6.45) is -0.393. The lowest BCUT2D eigenvalue weighted by atomic mass is 10.2. The molecule has 0 N–H and O–H groups in total. The van der Waals surface area contributed by atoms with E-state index in [4.69, 9.17) is 4.74 Å². The van der Waals surface area contributed by atoms with Gasteiger partial charge < -0.3 is 4.74 Å². The number of carbonyl (C=O) groups excluding carboxylic acids is 1. The Morgan fingerprint density at radius 1 is 1.37 bits per heavy atom. The first-order valence-corrected chi connectivity index (χ1v) is 6.04. The van der Waals surface area contributed by atoms with Gasteiger partial charge in [0.15, 0.2) is 0 Å². The van der Waals surface area contributed by atoms with E-state index in [-0.39, 0.29) is 0 Å². The lowest BCUT2D eigenvalue weighted by molar-refractivity contribution is 0.0589. The van der Waals surface area contributed by atoms with Crippen LogP contribution < -0.4 is 4.90 Å². The third kappa shape index (κ3) is 2.83. The van der Waals surface area contributed by atoms with E-state index < -0.39 is 11.7 Å². The maximum atomic E-state index is 12.0. The second-order valence-corrected chi connectivity index (χ2v) is 5.43. The van der Waals surface area contributed by atoms with Crippen molar-refractivity contribution in [3.05, 3.63) is 18.2 Å². The molecule has 0 unspecified atom stereocenters. The number of aryl methyl sites for hydroxylation is 1. The van der Waals surface area contributed by atoms with Gasteiger partial charge in [0.25, 0.3) is 0 Å². The summed E-state index contributed by atoms with van der Waals surface area (Å²) in [6.45, 7) is 5.51. The lowest BCUT2D eigenvalue weighted by Crippen LogP contribution is -2.34. The van der Waals surface area contributed by atoms with Crippen molar-refractivity contribution in [1.82, 2.24) is 15.0 Å². The Kier molecular flexibility index (Phi) is 3.18. The van der Waals surface area contributed by atoms with Gasteiger partial charge in [-0.1, -0.05) is 5.21 Å². The van der Waals surface area contributed by atoms with Gasteiger partial charge in [-0.25, -0.2) is 9.48 Å². The predicted molar refractivity (Wildman–Crippen MR) is 73.1 cm³/mol. The first-order chi connectivity index (χ1) is 8.78. The van der Waals surface area contributed by atoms with Crippen molar-refractivity contribution in [1.29, 1.82) is 0 Å². The molecule has 0 bridgehead atoms. The van der Waals surface area contributed by atoms with Crippen molar-refractivity contribution in [2.24, 2.45) is 7.05 Å². The number of ether oxygens (including phenoxy) is 1. The van der Waals surface area contributed by atoms with Crippen LogP contribution in [0.15, 0.2) is 18.2 Å². The molecule has 0 saturated carbocycles. The average molecular weight is 262 g/mol. The number of carbonyl (C=O) groups is 1. The average Bonchev–Trinajstić information content (AvgIpc) is 2.67. The minimum atomic E-state index is -0.512. The summed E-state index contributed by atoms with van der Waals surface area (Å²) in [6, 6.07) is 5.54. The van der Waals surface area contributed by atoms with E-state index in [9.17, 15) is 4.79 Å². The molecule has 0 aliphatic carbocycles. The highest BCUT2D eigenvalue weighted by molar-refractivity contribution is 5.90. The third-order valence-corrected chi connectivity index (χ3v) is 2.65. The molecule has 0 radical (unpaired) electrons. The molecule has 2 aromatic rings. The topological polar surface area (TPSA) is 60.3 Å². The number of hydrogen-bond donors (Lipinski definition) is 0. The number of fused-ring (bicyclic) bond motifs is 1. The van der Waals surface area contributed by atoms with E-state index in [2.05, 4.69) is 10.3 Å². The van der Waals surface area contributed by atoms with Gasteiger partial charge in [-0.05, 0) is 39.0 Å². The van der Waals surface area contributed by atoms with Crippen LogP contribution in [0, 0.1) is 0 Å². The zero-order chi connectivity index (χ0) is 14.2. The monoisotopic (exact) mass is 262 g/mol. The summed E-state index contributed by atoms with van der Waals surface area (Å²) >= 11 is 0. The highest BCUT2D eigenvalue weighted by Gasteiger charge is 2.20. The molecule has 1 amide bonds. The molecule has 102 valence electrons. The van der Waals surface area contributed by atoms with Crippen LogP contribution in [0.2, 0.25) is 0 Å². The van der Waals surface area contributed by atoms with Gasteiger partial charge in [0, 0.05) is 19.8 Å². The molecule has 6 heteroatoms. The Balaban J connectivity index is 2.26. The molecule has 6 nitrogen and oxygen atoms in total. The second-order valence-electron chi connectivity index (χ2n) is 5.43. The molecule has 1 aromatic heterocycles. The molecule has 0 aliphatic heterocycles. The van der Waals surface area contributed by atoms with Crippen LogP contribution in [0.3, 0.4) is 0 Å². The molecule has 1 aromatic carbocycles. The first-order valence-electron chi connectivity index (χ1n) is 6.04. The van der Waals surface area contributed by atoms with E-state index >= 15 is 0 Å². The Labute approximate surface area is 111 Å². The zero-order valence-electron chi connectivity index (χ0n) is 11.8. The SMILES string of the molecule is CN(C(=O)OC(C)(C)C)c1ccc2c(c1)nnn2C. The maximum absolute atomic E-state index is 12.0.